The first kappa shape index (κ1) is 9.68. The molecule has 2 aliphatic rings. The zero-order chi connectivity index (χ0) is 10.6. The van der Waals surface area contributed by atoms with Gasteiger partial charge in [-0.05, 0) is 24.0 Å². The molecule has 0 spiro atoms. The van der Waals surface area contributed by atoms with Crippen LogP contribution in [0.25, 0.3) is 0 Å². The number of benzene rings is 1. The van der Waals surface area contributed by atoms with Crippen LogP contribution in [0, 0.1) is 5.92 Å². The van der Waals surface area contributed by atoms with Crippen LogP contribution in [0.5, 0.6) is 0 Å². The lowest BCUT2D eigenvalue weighted by atomic mass is 9.61. The fourth-order valence-corrected chi connectivity index (χ4v) is 3.61. The fraction of sp³-hybridized carbons (Fsp3) is 0.417. The van der Waals surface area contributed by atoms with Crippen molar-refractivity contribution >= 4 is 29.0 Å². The van der Waals surface area contributed by atoms with E-state index in [1.54, 1.807) is 0 Å². The molecule has 2 unspecified atom stereocenters. The average Bonchev–Trinajstić information content (AvgIpc) is 2.26. The van der Waals surface area contributed by atoms with Gasteiger partial charge in [0, 0.05) is 11.8 Å². The molecular weight excluding hydrogens is 231 g/mol. The standard InChI is InChI=1S/C12H10Cl2O/c13-12(14)10-8-4-2-1-3-7(8)5-6-9(10)11(12)15/h1-4,9-10H,5-6H2. The highest BCUT2D eigenvalue weighted by molar-refractivity contribution is 6.61. The summed E-state index contributed by atoms with van der Waals surface area (Å²) in [7, 11) is 0. The molecule has 1 saturated carbocycles. The first-order valence-corrected chi connectivity index (χ1v) is 5.88. The van der Waals surface area contributed by atoms with Crippen molar-refractivity contribution in [2.24, 2.45) is 5.92 Å². The van der Waals surface area contributed by atoms with Gasteiger partial charge < -0.3 is 0 Å². The minimum atomic E-state index is -1.18. The van der Waals surface area contributed by atoms with Crippen LogP contribution in [0.4, 0.5) is 0 Å². The maximum Gasteiger partial charge on any atom is 0.183 e. The van der Waals surface area contributed by atoms with Crippen molar-refractivity contribution in [1.82, 2.24) is 0 Å². The number of ketones is 1. The Morgan fingerprint density at radius 3 is 2.80 bits per heavy atom. The molecule has 0 heterocycles. The molecule has 0 N–H and O–H groups in total. The van der Waals surface area contributed by atoms with Gasteiger partial charge in [-0.2, -0.15) is 0 Å². The molecule has 0 aromatic heterocycles. The molecule has 1 nitrogen and oxygen atoms in total. The summed E-state index contributed by atoms with van der Waals surface area (Å²) < 4.78 is -1.18. The zero-order valence-corrected chi connectivity index (χ0v) is 9.55. The molecule has 3 heteroatoms. The zero-order valence-electron chi connectivity index (χ0n) is 8.04. The number of fused-ring (bicyclic) bond motifs is 3. The predicted molar refractivity (Wildman–Crippen MR) is 60.4 cm³/mol. The smallest absolute Gasteiger partial charge is 0.183 e. The Bertz CT molecular complexity index is 439. The van der Waals surface area contributed by atoms with Gasteiger partial charge in [0.1, 0.15) is 0 Å². The van der Waals surface area contributed by atoms with Gasteiger partial charge in [-0.1, -0.05) is 47.5 Å². The Balaban J connectivity index is 2.11. The minimum Gasteiger partial charge on any atom is -0.296 e. The molecule has 15 heavy (non-hydrogen) atoms. The highest BCUT2D eigenvalue weighted by Crippen LogP contribution is 2.58. The molecule has 2 aliphatic carbocycles. The highest BCUT2D eigenvalue weighted by atomic mass is 35.5. The van der Waals surface area contributed by atoms with Crippen LogP contribution in [0.15, 0.2) is 24.3 Å². The molecule has 0 amide bonds. The van der Waals surface area contributed by atoms with Crippen LogP contribution in [-0.2, 0) is 11.2 Å². The Morgan fingerprint density at radius 1 is 1.27 bits per heavy atom. The van der Waals surface area contributed by atoms with E-state index >= 15 is 0 Å². The van der Waals surface area contributed by atoms with Crippen LogP contribution in [0.2, 0.25) is 0 Å². The summed E-state index contributed by atoms with van der Waals surface area (Å²) in [6, 6.07) is 8.13. The molecular formula is C12H10Cl2O. The Hall–Kier alpha value is -0.530. The van der Waals surface area contributed by atoms with Crippen LogP contribution in [0.3, 0.4) is 0 Å². The van der Waals surface area contributed by atoms with E-state index in [-0.39, 0.29) is 17.6 Å². The van der Waals surface area contributed by atoms with Gasteiger partial charge in [0.2, 0.25) is 0 Å². The van der Waals surface area contributed by atoms with Crippen LogP contribution >= 0.6 is 23.2 Å². The Labute approximate surface area is 98.4 Å². The van der Waals surface area contributed by atoms with Gasteiger partial charge in [0.25, 0.3) is 0 Å². The third kappa shape index (κ3) is 1.14. The van der Waals surface area contributed by atoms with Gasteiger partial charge in [0.05, 0.1) is 0 Å². The number of Topliss-reactive ketones (excluding diaryl/α,β-unsaturated/α-hetero) is 1. The number of alkyl halides is 2. The van der Waals surface area contributed by atoms with Crippen molar-refractivity contribution in [2.45, 2.75) is 23.1 Å². The second-order valence-electron chi connectivity index (χ2n) is 4.31. The van der Waals surface area contributed by atoms with E-state index in [4.69, 9.17) is 23.2 Å². The quantitative estimate of drug-likeness (QED) is 0.638. The molecule has 0 saturated heterocycles. The largest absolute Gasteiger partial charge is 0.296 e. The first-order chi connectivity index (χ1) is 7.12. The van der Waals surface area contributed by atoms with Gasteiger partial charge in [-0.25, -0.2) is 0 Å². The molecule has 78 valence electrons. The molecule has 1 fully saturated rings. The van der Waals surface area contributed by atoms with Crippen molar-refractivity contribution in [3.63, 3.8) is 0 Å². The molecule has 0 aliphatic heterocycles. The second kappa shape index (κ2) is 2.99. The van der Waals surface area contributed by atoms with Crippen LogP contribution in [0.1, 0.15) is 23.5 Å². The van der Waals surface area contributed by atoms with Crippen LogP contribution < -0.4 is 0 Å². The van der Waals surface area contributed by atoms with Gasteiger partial charge >= 0.3 is 0 Å². The maximum absolute atomic E-state index is 11.7. The summed E-state index contributed by atoms with van der Waals surface area (Å²) in [4.78, 5) is 11.7. The topological polar surface area (TPSA) is 17.1 Å². The number of carbonyl (C=O) groups is 1. The van der Waals surface area contributed by atoms with Crippen molar-refractivity contribution in [2.75, 3.05) is 0 Å². The Morgan fingerprint density at radius 2 is 2.00 bits per heavy atom. The van der Waals surface area contributed by atoms with E-state index in [1.807, 2.05) is 18.2 Å². The monoisotopic (exact) mass is 240 g/mol. The minimum absolute atomic E-state index is 0.00494. The molecule has 0 radical (unpaired) electrons. The average molecular weight is 241 g/mol. The van der Waals surface area contributed by atoms with E-state index < -0.39 is 4.33 Å². The van der Waals surface area contributed by atoms with Crippen molar-refractivity contribution in [3.05, 3.63) is 35.4 Å². The number of hydrogen-bond acceptors (Lipinski definition) is 1. The fourth-order valence-electron chi connectivity index (χ4n) is 2.79. The van der Waals surface area contributed by atoms with Crippen molar-refractivity contribution in [1.29, 1.82) is 0 Å². The Kier molecular flexibility index (Phi) is 1.93. The lowest BCUT2D eigenvalue weighted by Gasteiger charge is -2.49. The van der Waals surface area contributed by atoms with E-state index in [2.05, 4.69) is 6.07 Å². The van der Waals surface area contributed by atoms with Gasteiger partial charge in [-0.15, -0.1) is 0 Å². The van der Waals surface area contributed by atoms with E-state index in [0.29, 0.717) is 0 Å². The second-order valence-corrected chi connectivity index (χ2v) is 5.69. The normalized spacial score (nSPS) is 31.5. The third-order valence-electron chi connectivity index (χ3n) is 3.57. The summed E-state index contributed by atoms with van der Waals surface area (Å²) in [6.07, 6.45) is 1.86. The number of hydrogen-bond donors (Lipinski definition) is 0. The molecule has 0 bridgehead atoms. The van der Waals surface area contributed by atoms with Crippen molar-refractivity contribution < 1.29 is 4.79 Å². The lowest BCUT2D eigenvalue weighted by molar-refractivity contribution is -0.132. The number of aryl methyl sites for hydroxylation is 1. The molecule has 2 atom stereocenters. The summed E-state index contributed by atoms with van der Waals surface area (Å²) in [5.41, 5.74) is 2.45. The third-order valence-corrected chi connectivity index (χ3v) is 4.42. The molecule has 1 aromatic carbocycles. The number of halogens is 2. The summed E-state index contributed by atoms with van der Waals surface area (Å²) in [5.74, 6) is 0.0681. The highest BCUT2D eigenvalue weighted by Gasteiger charge is 2.61. The van der Waals surface area contributed by atoms with Crippen molar-refractivity contribution in [3.8, 4) is 0 Å². The predicted octanol–water partition coefficient (Wildman–Crippen LogP) is 3.09. The summed E-state index contributed by atoms with van der Waals surface area (Å²) in [5, 5.41) is 0. The summed E-state index contributed by atoms with van der Waals surface area (Å²) >= 11 is 12.1. The summed E-state index contributed by atoms with van der Waals surface area (Å²) in [6.45, 7) is 0. The number of rotatable bonds is 0. The van der Waals surface area contributed by atoms with E-state index in [1.165, 1.54) is 11.1 Å². The van der Waals surface area contributed by atoms with E-state index in [0.717, 1.165) is 12.8 Å². The van der Waals surface area contributed by atoms with Gasteiger partial charge in [-0.3, -0.25) is 4.79 Å². The van der Waals surface area contributed by atoms with Gasteiger partial charge in [0.15, 0.2) is 10.1 Å². The molecule has 3 rings (SSSR count). The SMILES string of the molecule is O=C1C2CCc3ccccc3C2C1(Cl)Cl. The first-order valence-electron chi connectivity index (χ1n) is 5.12. The number of carbonyl (C=O) groups excluding carboxylic acids is 1. The molecule has 1 aromatic rings. The maximum atomic E-state index is 11.7. The van der Waals surface area contributed by atoms with E-state index in [9.17, 15) is 4.79 Å². The lowest BCUT2D eigenvalue weighted by Crippen LogP contribution is -2.56. The van der Waals surface area contributed by atoms with Crippen LogP contribution in [-0.4, -0.2) is 10.1 Å².